The Hall–Kier alpha value is -3.77. The van der Waals surface area contributed by atoms with Crippen LogP contribution in [0, 0.1) is 12.7 Å². The highest BCUT2D eigenvalue weighted by Crippen LogP contribution is 2.36. The number of rotatable bonds is 7. The SMILES string of the molecule is Cc1cnc(Nc2ccc(C(=O)NC3CCN(C)CC3)c(F)c2)nc1Nc1ccc2c(c1)N(S(=O)(=O)C(C)(C)C)CCC2. The number of likely N-dealkylation sites (tertiary alicyclic amines) is 1. The molecule has 43 heavy (non-hydrogen) atoms. The minimum Gasteiger partial charge on any atom is -0.349 e. The average Bonchev–Trinajstić information content (AvgIpc) is 2.95. The Morgan fingerprint density at radius 2 is 1.72 bits per heavy atom. The number of aryl methyl sites for hydroxylation is 2. The molecule has 2 aliphatic rings. The van der Waals surface area contributed by atoms with E-state index in [2.05, 4.69) is 30.8 Å². The number of nitrogens with one attached hydrogen (secondary N) is 3. The van der Waals surface area contributed by atoms with Gasteiger partial charge in [0.1, 0.15) is 11.6 Å². The Bertz CT molecular complexity index is 1620. The number of fused-ring (bicyclic) bond motifs is 1. The van der Waals surface area contributed by atoms with Gasteiger partial charge >= 0.3 is 0 Å². The molecule has 1 saturated heterocycles. The summed E-state index contributed by atoms with van der Waals surface area (Å²) in [4.78, 5) is 23.8. The summed E-state index contributed by atoms with van der Waals surface area (Å²) in [6, 6.07) is 10.1. The van der Waals surface area contributed by atoms with Gasteiger partial charge in [-0.1, -0.05) is 6.07 Å². The van der Waals surface area contributed by atoms with E-state index in [1.807, 2.05) is 32.2 Å². The number of hydrogen-bond donors (Lipinski definition) is 3. The minimum atomic E-state index is -3.56. The van der Waals surface area contributed by atoms with Crippen molar-refractivity contribution in [2.75, 3.05) is 41.6 Å². The minimum absolute atomic E-state index is 0.00779. The fourth-order valence-corrected chi connectivity index (χ4v) is 6.75. The van der Waals surface area contributed by atoms with Crippen LogP contribution in [-0.4, -0.2) is 66.7 Å². The second kappa shape index (κ2) is 12.1. The first-order valence-electron chi connectivity index (χ1n) is 14.6. The third kappa shape index (κ3) is 6.75. The van der Waals surface area contributed by atoms with E-state index in [4.69, 9.17) is 0 Å². The lowest BCUT2D eigenvalue weighted by atomic mass is 10.0. The van der Waals surface area contributed by atoms with Crippen molar-refractivity contribution in [3.8, 4) is 0 Å². The van der Waals surface area contributed by atoms with E-state index < -0.39 is 26.5 Å². The van der Waals surface area contributed by atoms with Gasteiger partial charge in [0.2, 0.25) is 16.0 Å². The predicted octanol–water partition coefficient (Wildman–Crippen LogP) is 5.12. The molecule has 0 radical (unpaired) electrons. The third-order valence-corrected chi connectivity index (χ3v) is 10.5. The van der Waals surface area contributed by atoms with E-state index >= 15 is 0 Å². The van der Waals surface area contributed by atoms with Crippen molar-refractivity contribution < 1.29 is 17.6 Å². The van der Waals surface area contributed by atoms with Crippen LogP contribution in [0.1, 0.15) is 61.5 Å². The van der Waals surface area contributed by atoms with Crippen LogP contribution in [0.3, 0.4) is 0 Å². The summed E-state index contributed by atoms with van der Waals surface area (Å²) in [6.07, 6.45) is 4.89. The van der Waals surface area contributed by atoms with E-state index in [9.17, 15) is 17.6 Å². The maximum Gasteiger partial charge on any atom is 0.254 e. The van der Waals surface area contributed by atoms with Gasteiger partial charge < -0.3 is 20.9 Å². The number of benzene rings is 2. The average molecular weight is 610 g/mol. The first kappa shape index (κ1) is 30.7. The molecule has 0 atom stereocenters. The number of nitrogens with zero attached hydrogens (tertiary/aromatic N) is 4. The highest BCUT2D eigenvalue weighted by Gasteiger charge is 2.37. The molecular formula is C31H40FN7O3S. The smallest absolute Gasteiger partial charge is 0.254 e. The van der Waals surface area contributed by atoms with Crippen LogP contribution in [0.5, 0.6) is 0 Å². The van der Waals surface area contributed by atoms with E-state index in [0.29, 0.717) is 29.4 Å². The molecule has 0 spiro atoms. The molecule has 10 nitrogen and oxygen atoms in total. The number of halogens is 1. The zero-order valence-electron chi connectivity index (χ0n) is 25.4. The Kier molecular flexibility index (Phi) is 8.62. The van der Waals surface area contributed by atoms with Crippen LogP contribution in [0.15, 0.2) is 42.6 Å². The topological polar surface area (TPSA) is 120 Å². The molecule has 0 aliphatic carbocycles. The molecule has 3 N–H and O–H groups in total. The van der Waals surface area contributed by atoms with Crippen molar-refractivity contribution in [3.05, 3.63) is 65.1 Å². The van der Waals surface area contributed by atoms with Crippen LogP contribution < -0.4 is 20.3 Å². The zero-order valence-corrected chi connectivity index (χ0v) is 26.2. The van der Waals surface area contributed by atoms with Crippen LogP contribution in [0.4, 0.5) is 33.2 Å². The number of carbonyl (C=O) groups is 1. The first-order chi connectivity index (χ1) is 20.3. The zero-order chi connectivity index (χ0) is 30.9. The Balaban J connectivity index is 1.31. The molecule has 5 rings (SSSR count). The quantitative estimate of drug-likeness (QED) is 0.338. The summed E-state index contributed by atoms with van der Waals surface area (Å²) in [7, 11) is -1.52. The van der Waals surface area contributed by atoms with Gasteiger partial charge in [-0.05, 0) is 109 Å². The summed E-state index contributed by atoms with van der Waals surface area (Å²) in [5, 5.41) is 9.25. The largest absolute Gasteiger partial charge is 0.349 e. The molecular weight excluding hydrogens is 569 g/mol. The van der Waals surface area contributed by atoms with Crippen molar-refractivity contribution >= 4 is 44.8 Å². The second-order valence-corrected chi connectivity index (χ2v) is 15.0. The van der Waals surface area contributed by atoms with Gasteiger partial charge in [0, 0.05) is 35.7 Å². The van der Waals surface area contributed by atoms with Gasteiger partial charge in [0.15, 0.2) is 0 Å². The van der Waals surface area contributed by atoms with Crippen molar-refractivity contribution in [2.24, 2.45) is 0 Å². The highest BCUT2D eigenvalue weighted by molar-refractivity contribution is 7.94. The van der Waals surface area contributed by atoms with Gasteiger partial charge in [-0.25, -0.2) is 17.8 Å². The lowest BCUT2D eigenvalue weighted by Crippen LogP contribution is -2.45. The second-order valence-electron chi connectivity index (χ2n) is 12.4. The van der Waals surface area contributed by atoms with E-state index in [1.54, 1.807) is 33.0 Å². The molecule has 12 heteroatoms. The lowest BCUT2D eigenvalue weighted by Gasteiger charge is -2.35. The number of anilines is 5. The number of carbonyl (C=O) groups excluding carboxylic acids is 1. The van der Waals surface area contributed by atoms with Crippen LogP contribution in [-0.2, 0) is 16.4 Å². The predicted molar refractivity (Wildman–Crippen MR) is 169 cm³/mol. The maximum absolute atomic E-state index is 15.0. The van der Waals surface area contributed by atoms with Gasteiger partial charge in [-0.2, -0.15) is 4.98 Å². The van der Waals surface area contributed by atoms with Gasteiger partial charge in [0.25, 0.3) is 5.91 Å². The number of sulfonamides is 1. The van der Waals surface area contributed by atoms with E-state index in [1.165, 1.54) is 16.4 Å². The Morgan fingerprint density at radius 3 is 2.42 bits per heavy atom. The van der Waals surface area contributed by atoms with Crippen molar-refractivity contribution in [1.82, 2.24) is 20.2 Å². The van der Waals surface area contributed by atoms with E-state index in [-0.39, 0.29) is 17.6 Å². The van der Waals surface area contributed by atoms with Gasteiger partial charge in [-0.3, -0.25) is 9.10 Å². The monoisotopic (exact) mass is 609 g/mol. The van der Waals surface area contributed by atoms with E-state index in [0.717, 1.165) is 49.9 Å². The molecule has 0 saturated carbocycles. The molecule has 2 aliphatic heterocycles. The van der Waals surface area contributed by atoms with Gasteiger partial charge in [0.05, 0.1) is 16.0 Å². The summed E-state index contributed by atoms with van der Waals surface area (Å²) >= 11 is 0. The molecule has 1 aromatic heterocycles. The fourth-order valence-electron chi connectivity index (χ4n) is 5.29. The Morgan fingerprint density at radius 1 is 1.02 bits per heavy atom. The summed E-state index contributed by atoms with van der Waals surface area (Å²) in [5.41, 5.74) is 3.51. The molecule has 1 fully saturated rings. The van der Waals surface area contributed by atoms with Crippen LogP contribution >= 0.6 is 0 Å². The highest BCUT2D eigenvalue weighted by atomic mass is 32.2. The molecule has 1 amide bonds. The van der Waals surface area contributed by atoms with Crippen molar-refractivity contribution in [3.63, 3.8) is 0 Å². The molecule has 0 unspecified atom stereocenters. The van der Waals surface area contributed by atoms with Crippen LogP contribution in [0.25, 0.3) is 0 Å². The summed E-state index contributed by atoms with van der Waals surface area (Å²) < 4.78 is 42.2. The maximum atomic E-state index is 15.0. The molecule has 2 aromatic carbocycles. The summed E-state index contributed by atoms with van der Waals surface area (Å²) in [6.45, 7) is 9.22. The fraction of sp³-hybridized carbons (Fsp3) is 0.452. The summed E-state index contributed by atoms with van der Waals surface area (Å²) in [5.74, 6) is -0.292. The number of amides is 1. The third-order valence-electron chi connectivity index (χ3n) is 7.98. The normalized spacial score (nSPS) is 16.5. The lowest BCUT2D eigenvalue weighted by molar-refractivity contribution is 0.0913. The molecule has 0 bridgehead atoms. The van der Waals surface area contributed by atoms with Crippen LogP contribution in [0.2, 0.25) is 0 Å². The van der Waals surface area contributed by atoms with Crippen molar-refractivity contribution in [2.45, 2.75) is 64.2 Å². The molecule has 3 heterocycles. The van der Waals surface area contributed by atoms with Gasteiger partial charge in [-0.15, -0.1) is 0 Å². The number of hydrogen-bond acceptors (Lipinski definition) is 8. The molecule has 3 aromatic rings. The number of aromatic nitrogens is 2. The number of piperidine rings is 1. The van der Waals surface area contributed by atoms with Crippen molar-refractivity contribution in [1.29, 1.82) is 0 Å². The first-order valence-corrected chi connectivity index (χ1v) is 16.1. The molecule has 230 valence electrons. The standard InChI is InChI=1S/C31H40FN7O3S/c1-20-19-33-30(36-23-10-11-25(26(32)17-23)29(40)35-22-12-15-38(5)16-13-22)37-28(20)34-24-9-8-21-7-6-14-39(27(21)18-24)43(41,42)31(2,3)4/h8-11,17-19,22H,6-7,12-16H2,1-5H3,(H,35,40)(H2,33,34,36,37). The Labute approximate surface area is 253 Å².